The molecular weight excluding hydrogens is 166 g/mol. The Morgan fingerprint density at radius 2 is 2.00 bits per heavy atom. The lowest BCUT2D eigenvalue weighted by atomic mass is 10.3. The van der Waals surface area contributed by atoms with Crippen LogP contribution in [0.15, 0.2) is 0 Å². The number of hydrazine groups is 1. The molecule has 78 valence electrons. The maximum absolute atomic E-state index is 11.5. The first-order valence-electron chi connectivity index (χ1n) is 4.88. The Balaban J connectivity index is 4.13. The van der Waals surface area contributed by atoms with Gasteiger partial charge in [-0.15, -0.1) is 0 Å². The van der Waals surface area contributed by atoms with E-state index in [9.17, 15) is 4.79 Å². The van der Waals surface area contributed by atoms with Crippen molar-refractivity contribution in [2.45, 2.75) is 26.7 Å². The summed E-state index contributed by atoms with van der Waals surface area (Å²) < 4.78 is 0. The Hall–Kier alpha value is -0.610. The molecule has 0 aromatic rings. The van der Waals surface area contributed by atoms with E-state index in [1.54, 1.807) is 5.01 Å². The zero-order chi connectivity index (χ0) is 10.3. The van der Waals surface area contributed by atoms with E-state index >= 15 is 0 Å². The van der Waals surface area contributed by atoms with Gasteiger partial charge in [-0.2, -0.15) is 0 Å². The monoisotopic (exact) mass is 187 g/mol. The number of nitrogens with two attached hydrogens (primary N) is 1. The Morgan fingerprint density at radius 1 is 1.38 bits per heavy atom. The highest BCUT2D eigenvalue weighted by molar-refractivity contribution is 5.75. The molecule has 0 fully saturated rings. The second-order valence-electron chi connectivity index (χ2n) is 3.03. The summed E-state index contributed by atoms with van der Waals surface area (Å²) in [6.45, 7) is 6.14. The van der Waals surface area contributed by atoms with Crippen molar-refractivity contribution in [2.75, 3.05) is 26.7 Å². The summed E-state index contributed by atoms with van der Waals surface area (Å²) in [6, 6.07) is 0. The maximum atomic E-state index is 11.5. The molecule has 0 aromatic heterocycles. The number of hydrogen-bond donors (Lipinski definition) is 1. The molecular formula is C9H21N3O. The van der Waals surface area contributed by atoms with Crippen molar-refractivity contribution in [3.05, 3.63) is 0 Å². The van der Waals surface area contributed by atoms with Crippen LogP contribution in [0.1, 0.15) is 26.7 Å². The van der Waals surface area contributed by atoms with Crippen LogP contribution in [-0.2, 0) is 4.79 Å². The van der Waals surface area contributed by atoms with Crippen LogP contribution in [0.2, 0.25) is 0 Å². The predicted octanol–water partition coefficient (Wildman–Crippen LogP) is 0.440. The van der Waals surface area contributed by atoms with Gasteiger partial charge in [0.25, 0.3) is 0 Å². The molecule has 0 rings (SSSR count). The van der Waals surface area contributed by atoms with Crippen LogP contribution in [0.4, 0.5) is 0 Å². The Bertz CT molecular complexity index is 150. The first-order valence-corrected chi connectivity index (χ1v) is 4.88. The van der Waals surface area contributed by atoms with Crippen LogP contribution < -0.4 is 5.73 Å². The van der Waals surface area contributed by atoms with Gasteiger partial charge in [-0.25, -0.2) is 5.01 Å². The lowest BCUT2D eigenvalue weighted by molar-refractivity contribution is -0.146. The van der Waals surface area contributed by atoms with Crippen LogP contribution >= 0.6 is 0 Å². The van der Waals surface area contributed by atoms with Crippen LogP contribution in [-0.4, -0.2) is 42.6 Å². The molecule has 4 nitrogen and oxygen atoms in total. The highest BCUT2D eigenvalue weighted by Gasteiger charge is 2.14. The molecule has 0 unspecified atom stereocenters. The Kier molecular flexibility index (Phi) is 6.54. The highest BCUT2D eigenvalue weighted by Crippen LogP contribution is 1.99. The summed E-state index contributed by atoms with van der Waals surface area (Å²) in [6.07, 6.45) is 1.41. The molecule has 0 bridgehead atoms. The minimum absolute atomic E-state index is 0.119. The first kappa shape index (κ1) is 12.4. The van der Waals surface area contributed by atoms with Crippen LogP contribution in [0.5, 0.6) is 0 Å². The number of hydrogen-bond acceptors (Lipinski definition) is 3. The zero-order valence-corrected chi connectivity index (χ0v) is 8.92. The number of nitrogens with zero attached hydrogens (tertiary/aromatic N) is 2. The molecule has 0 atom stereocenters. The van der Waals surface area contributed by atoms with Gasteiger partial charge in [-0.3, -0.25) is 9.80 Å². The quantitative estimate of drug-likeness (QED) is 0.614. The molecule has 0 aliphatic heterocycles. The van der Waals surface area contributed by atoms with E-state index in [2.05, 4.69) is 6.92 Å². The largest absolute Gasteiger partial charge is 0.330 e. The predicted molar refractivity (Wildman–Crippen MR) is 54.0 cm³/mol. The molecule has 0 saturated heterocycles. The van der Waals surface area contributed by atoms with Gasteiger partial charge in [-0.05, 0) is 6.42 Å². The number of carbonyl (C=O) groups is 1. The third-order valence-electron chi connectivity index (χ3n) is 1.95. The fourth-order valence-electron chi connectivity index (χ4n) is 1.12. The molecule has 0 aliphatic carbocycles. The second-order valence-corrected chi connectivity index (χ2v) is 3.03. The van der Waals surface area contributed by atoms with E-state index in [0.717, 1.165) is 19.5 Å². The van der Waals surface area contributed by atoms with Gasteiger partial charge in [0, 0.05) is 33.1 Å². The van der Waals surface area contributed by atoms with Crippen molar-refractivity contribution in [1.29, 1.82) is 0 Å². The number of amides is 1. The van der Waals surface area contributed by atoms with Crippen molar-refractivity contribution in [3.8, 4) is 0 Å². The summed E-state index contributed by atoms with van der Waals surface area (Å²) in [5.41, 5.74) is 5.34. The normalized spacial score (nSPS) is 10.5. The molecule has 13 heavy (non-hydrogen) atoms. The van der Waals surface area contributed by atoms with Crippen molar-refractivity contribution < 1.29 is 4.79 Å². The standard InChI is InChI=1S/C9H21N3O/c1-4-8-12(11(3)5-2)9(13)6-7-10/h4-8,10H2,1-3H3. The Labute approximate surface area is 80.7 Å². The minimum Gasteiger partial charge on any atom is -0.330 e. The maximum Gasteiger partial charge on any atom is 0.238 e. The molecule has 1 amide bonds. The van der Waals surface area contributed by atoms with E-state index in [0.29, 0.717) is 13.0 Å². The van der Waals surface area contributed by atoms with E-state index in [1.807, 2.05) is 19.0 Å². The molecule has 2 N–H and O–H groups in total. The van der Waals surface area contributed by atoms with Crippen LogP contribution in [0, 0.1) is 0 Å². The third-order valence-corrected chi connectivity index (χ3v) is 1.95. The van der Waals surface area contributed by atoms with Crippen molar-refractivity contribution in [3.63, 3.8) is 0 Å². The summed E-state index contributed by atoms with van der Waals surface area (Å²) >= 11 is 0. The smallest absolute Gasteiger partial charge is 0.238 e. The average Bonchev–Trinajstić information content (AvgIpc) is 2.13. The summed E-state index contributed by atoms with van der Waals surface area (Å²) in [5, 5.41) is 3.70. The van der Waals surface area contributed by atoms with Gasteiger partial charge >= 0.3 is 0 Å². The zero-order valence-electron chi connectivity index (χ0n) is 8.92. The van der Waals surface area contributed by atoms with Gasteiger partial charge in [-0.1, -0.05) is 13.8 Å². The SMILES string of the molecule is CCCN(C(=O)CCN)N(C)CC. The van der Waals surface area contributed by atoms with Crippen molar-refractivity contribution in [2.24, 2.45) is 5.73 Å². The first-order chi connectivity index (χ1) is 6.17. The highest BCUT2D eigenvalue weighted by atomic mass is 16.2. The molecule has 0 saturated carbocycles. The molecule has 4 heteroatoms. The fourth-order valence-corrected chi connectivity index (χ4v) is 1.12. The van der Waals surface area contributed by atoms with Crippen LogP contribution in [0.25, 0.3) is 0 Å². The third kappa shape index (κ3) is 4.24. The minimum atomic E-state index is 0.119. The van der Waals surface area contributed by atoms with Gasteiger partial charge in [0.1, 0.15) is 0 Å². The summed E-state index contributed by atoms with van der Waals surface area (Å²) in [4.78, 5) is 11.5. The van der Waals surface area contributed by atoms with E-state index in [-0.39, 0.29) is 5.91 Å². The second kappa shape index (κ2) is 6.86. The fraction of sp³-hybridized carbons (Fsp3) is 0.889. The lowest BCUT2D eigenvalue weighted by Gasteiger charge is -2.30. The molecule has 0 spiro atoms. The van der Waals surface area contributed by atoms with E-state index in [4.69, 9.17) is 5.73 Å². The van der Waals surface area contributed by atoms with E-state index < -0.39 is 0 Å². The molecule has 0 aliphatic rings. The van der Waals surface area contributed by atoms with E-state index in [1.165, 1.54) is 0 Å². The summed E-state index contributed by atoms with van der Waals surface area (Å²) in [5.74, 6) is 0.119. The van der Waals surface area contributed by atoms with Crippen molar-refractivity contribution >= 4 is 5.91 Å². The average molecular weight is 187 g/mol. The van der Waals surface area contributed by atoms with Crippen molar-refractivity contribution in [1.82, 2.24) is 10.0 Å². The number of carbonyl (C=O) groups excluding carboxylic acids is 1. The molecule has 0 aromatic carbocycles. The van der Waals surface area contributed by atoms with Crippen LogP contribution in [0.3, 0.4) is 0 Å². The topological polar surface area (TPSA) is 49.6 Å². The number of rotatable bonds is 6. The Morgan fingerprint density at radius 3 is 2.38 bits per heavy atom. The molecule has 0 radical (unpaired) electrons. The summed E-state index contributed by atoms with van der Waals surface area (Å²) in [7, 11) is 1.92. The van der Waals surface area contributed by atoms with Gasteiger partial charge in [0.2, 0.25) is 5.91 Å². The lowest BCUT2D eigenvalue weighted by Crippen LogP contribution is -2.45. The molecule has 0 heterocycles. The van der Waals surface area contributed by atoms with Gasteiger partial charge in [0.15, 0.2) is 0 Å². The van der Waals surface area contributed by atoms with Gasteiger partial charge in [0.05, 0.1) is 0 Å². The van der Waals surface area contributed by atoms with Gasteiger partial charge < -0.3 is 5.73 Å².